The summed E-state index contributed by atoms with van der Waals surface area (Å²) in [5.41, 5.74) is 1.87. The summed E-state index contributed by atoms with van der Waals surface area (Å²) in [6.07, 6.45) is 5.57. The van der Waals surface area contributed by atoms with E-state index < -0.39 is 0 Å². The van der Waals surface area contributed by atoms with Gasteiger partial charge in [0.1, 0.15) is 5.69 Å². The molecule has 0 aromatic carbocycles. The van der Waals surface area contributed by atoms with Crippen molar-refractivity contribution in [2.24, 2.45) is 0 Å². The molecule has 0 atom stereocenters. The number of hydrogen-bond donors (Lipinski definition) is 0. The van der Waals surface area contributed by atoms with Crippen LogP contribution >= 0.6 is 31.9 Å². The number of hydrogen-bond acceptors (Lipinski definition) is 2. The Kier molecular flexibility index (Phi) is 2.72. The van der Waals surface area contributed by atoms with E-state index in [0.717, 1.165) is 26.0 Å². The van der Waals surface area contributed by atoms with Gasteiger partial charge < -0.3 is 0 Å². The Morgan fingerprint density at radius 3 is 2.65 bits per heavy atom. The van der Waals surface area contributed by atoms with Gasteiger partial charge in [-0.15, -0.1) is 0 Å². The predicted molar refractivity (Wildman–Crippen MR) is 73.8 cm³/mol. The smallest absolute Gasteiger partial charge is 0.164 e. The summed E-state index contributed by atoms with van der Waals surface area (Å²) in [7, 11) is 0. The summed E-state index contributed by atoms with van der Waals surface area (Å²) in [5.74, 6) is 0.828. The van der Waals surface area contributed by atoms with Crippen LogP contribution in [0.3, 0.4) is 0 Å². The Bertz CT molecular complexity index is 691. The number of imidazole rings is 1. The lowest BCUT2D eigenvalue weighted by Crippen LogP contribution is -1.92. The predicted octanol–water partition coefficient (Wildman–Crippen LogP) is 3.92. The molecule has 0 radical (unpaired) electrons. The largest absolute Gasteiger partial charge is 0.297 e. The summed E-state index contributed by atoms with van der Waals surface area (Å²) in [6.45, 7) is 0. The van der Waals surface area contributed by atoms with Crippen molar-refractivity contribution in [1.29, 1.82) is 0 Å². The van der Waals surface area contributed by atoms with Gasteiger partial charge in [0, 0.05) is 21.3 Å². The minimum atomic E-state index is 0.828. The molecule has 0 fully saturated rings. The van der Waals surface area contributed by atoms with Crippen molar-refractivity contribution in [2.75, 3.05) is 0 Å². The van der Waals surface area contributed by atoms with Crippen LogP contribution in [0.1, 0.15) is 0 Å². The topological polar surface area (TPSA) is 30.2 Å². The van der Waals surface area contributed by atoms with E-state index in [2.05, 4.69) is 41.8 Å². The summed E-state index contributed by atoms with van der Waals surface area (Å²) >= 11 is 7.00. The number of pyridine rings is 2. The first-order chi connectivity index (χ1) is 8.27. The van der Waals surface area contributed by atoms with Crippen molar-refractivity contribution < 1.29 is 0 Å². The van der Waals surface area contributed by atoms with Crippen molar-refractivity contribution in [3.8, 4) is 11.5 Å². The van der Waals surface area contributed by atoms with Crippen LogP contribution in [-0.4, -0.2) is 14.4 Å². The Hall–Kier alpha value is -1.20. The maximum atomic E-state index is 4.43. The van der Waals surface area contributed by atoms with Gasteiger partial charge in [-0.1, -0.05) is 0 Å². The fourth-order valence-electron chi connectivity index (χ4n) is 1.71. The molecule has 0 bridgehead atoms. The second-order valence-electron chi connectivity index (χ2n) is 3.53. The molecule has 5 heteroatoms. The molecule has 0 unspecified atom stereocenters. The first-order valence-corrected chi connectivity index (χ1v) is 6.58. The molecule has 3 rings (SSSR count). The van der Waals surface area contributed by atoms with Crippen LogP contribution in [0, 0.1) is 0 Å². The molecule has 17 heavy (non-hydrogen) atoms. The first kappa shape index (κ1) is 10.9. The number of rotatable bonds is 1. The molecule has 3 aromatic heterocycles. The highest BCUT2D eigenvalue weighted by molar-refractivity contribution is 9.11. The van der Waals surface area contributed by atoms with Gasteiger partial charge in [0.2, 0.25) is 0 Å². The Morgan fingerprint density at radius 1 is 1.00 bits per heavy atom. The number of halogens is 2. The lowest BCUT2D eigenvalue weighted by Gasteiger charge is -2.03. The number of nitrogens with zero attached hydrogens (tertiary/aromatic N) is 3. The zero-order valence-electron chi connectivity index (χ0n) is 8.64. The molecule has 0 N–H and O–H groups in total. The summed E-state index contributed by atoms with van der Waals surface area (Å²) in [4.78, 5) is 8.78. The van der Waals surface area contributed by atoms with E-state index in [1.165, 1.54) is 0 Å². The van der Waals surface area contributed by atoms with E-state index in [1.807, 2.05) is 41.1 Å². The SMILES string of the molecule is Brc1cccnc1-c1ncc2c(Br)cccn12. The van der Waals surface area contributed by atoms with Crippen molar-refractivity contribution in [3.63, 3.8) is 0 Å². The molecule has 0 saturated carbocycles. The number of fused-ring (bicyclic) bond motifs is 1. The maximum Gasteiger partial charge on any atom is 0.164 e. The van der Waals surface area contributed by atoms with Gasteiger partial charge in [0.25, 0.3) is 0 Å². The van der Waals surface area contributed by atoms with E-state index in [0.29, 0.717) is 0 Å². The lowest BCUT2D eigenvalue weighted by atomic mass is 10.3. The molecule has 0 aliphatic rings. The van der Waals surface area contributed by atoms with Crippen LogP contribution in [0.25, 0.3) is 17.0 Å². The van der Waals surface area contributed by atoms with Crippen molar-refractivity contribution in [1.82, 2.24) is 14.4 Å². The molecule has 0 saturated heterocycles. The molecule has 3 heterocycles. The zero-order chi connectivity index (χ0) is 11.8. The minimum Gasteiger partial charge on any atom is -0.297 e. The molecule has 0 aliphatic carbocycles. The van der Waals surface area contributed by atoms with Crippen molar-refractivity contribution >= 4 is 37.4 Å². The van der Waals surface area contributed by atoms with Gasteiger partial charge in [0.15, 0.2) is 5.82 Å². The Morgan fingerprint density at radius 2 is 1.82 bits per heavy atom. The van der Waals surface area contributed by atoms with Crippen LogP contribution in [0.5, 0.6) is 0 Å². The van der Waals surface area contributed by atoms with Crippen LogP contribution < -0.4 is 0 Å². The molecule has 0 amide bonds. The molecule has 0 aliphatic heterocycles. The third kappa shape index (κ3) is 1.79. The van der Waals surface area contributed by atoms with Gasteiger partial charge >= 0.3 is 0 Å². The zero-order valence-corrected chi connectivity index (χ0v) is 11.8. The quantitative estimate of drug-likeness (QED) is 0.664. The average molecular weight is 353 g/mol. The van der Waals surface area contributed by atoms with Crippen molar-refractivity contribution in [2.45, 2.75) is 0 Å². The molecule has 3 aromatic rings. The maximum absolute atomic E-state index is 4.43. The van der Waals surface area contributed by atoms with Gasteiger partial charge in [0.05, 0.1) is 11.7 Å². The lowest BCUT2D eigenvalue weighted by molar-refractivity contribution is 1.12. The Balaban J connectivity index is 2.33. The van der Waals surface area contributed by atoms with E-state index in [9.17, 15) is 0 Å². The van der Waals surface area contributed by atoms with Crippen LogP contribution in [0.4, 0.5) is 0 Å². The van der Waals surface area contributed by atoms with Gasteiger partial charge in [-0.05, 0) is 56.1 Å². The molecular weight excluding hydrogens is 346 g/mol. The molecule has 3 nitrogen and oxygen atoms in total. The first-order valence-electron chi connectivity index (χ1n) is 5.00. The van der Waals surface area contributed by atoms with Gasteiger partial charge in [-0.3, -0.25) is 9.38 Å². The van der Waals surface area contributed by atoms with E-state index in [4.69, 9.17) is 0 Å². The van der Waals surface area contributed by atoms with Crippen LogP contribution in [0.2, 0.25) is 0 Å². The fraction of sp³-hybridized carbons (Fsp3) is 0. The van der Waals surface area contributed by atoms with E-state index >= 15 is 0 Å². The highest BCUT2D eigenvalue weighted by Gasteiger charge is 2.11. The van der Waals surface area contributed by atoms with Crippen LogP contribution in [-0.2, 0) is 0 Å². The standard InChI is InChI=1S/C12H7Br2N3/c13-8-4-2-6-17-10(8)7-16-12(17)11-9(14)3-1-5-15-11/h1-7H. The van der Waals surface area contributed by atoms with Crippen molar-refractivity contribution in [3.05, 3.63) is 51.8 Å². The molecule has 0 spiro atoms. The Labute approximate surface area is 115 Å². The summed E-state index contributed by atoms with van der Waals surface area (Å²) < 4.78 is 3.97. The summed E-state index contributed by atoms with van der Waals surface area (Å²) in [6, 6.07) is 7.81. The second-order valence-corrected chi connectivity index (χ2v) is 5.24. The fourth-order valence-corrected chi connectivity index (χ4v) is 2.59. The normalized spacial score (nSPS) is 10.9. The van der Waals surface area contributed by atoms with Crippen LogP contribution in [0.15, 0.2) is 51.8 Å². The van der Waals surface area contributed by atoms with Gasteiger partial charge in [-0.25, -0.2) is 4.98 Å². The monoisotopic (exact) mass is 351 g/mol. The highest BCUT2D eigenvalue weighted by atomic mass is 79.9. The van der Waals surface area contributed by atoms with E-state index in [1.54, 1.807) is 6.20 Å². The summed E-state index contributed by atoms with van der Waals surface area (Å²) in [5, 5.41) is 0. The third-order valence-electron chi connectivity index (χ3n) is 2.49. The second kappa shape index (κ2) is 4.23. The minimum absolute atomic E-state index is 0.828. The average Bonchev–Trinajstić information content (AvgIpc) is 2.75. The molecule has 84 valence electrons. The molecular formula is C12H7Br2N3. The number of aromatic nitrogens is 3. The van der Waals surface area contributed by atoms with E-state index in [-0.39, 0.29) is 0 Å². The third-order valence-corrected chi connectivity index (χ3v) is 3.80. The van der Waals surface area contributed by atoms with Gasteiger partial charge in [-0.2, -0.15) is 0 Å². The highest BCUT2D eigenvalue weighted by Crippen LogP contribution is 2.27.